The zero-order valence-electron chi connectivity index (χ0n) is 16.3. The molecule has 0 unspecified atom stereocenters. The van der Waals surface area contributed by atoms with Gasteiger partial charge in [-0.1, -0.05) is 13.3 Å². The summed E-state index contributed by atoms with van der Waals surface area (Å²) in [5.41, 5.74) is 3.07. The lowest BCUT2D eigenvalue weighted by molar-refractivity contribution is -0.141. The van der Waals surface area contributed by atoms with Crippen LogP contribution in [0.2, 0.25) is 0 Å². The van der Waals surface area contributed by atoms with Crippen molar-refractivity contribution in [3.05, 3.63) is 45.0 Å². The van der Waals surface area contributed by atoms with Crippen molar-refractivity contribution < 1.29 is 23.5 Å². The Balaban J connectivity index is 2.03. The van der Waals surface area contributed by atoms with Gasteiger partial charge >= 0.3 is 11.6 Å². The molecule has 0 bridgehead atoms. The highest BCUT2D eigenvalue weighted by Gasteiger charge is 2.22. The minimum absolute atomic E-state index is 0.227. The normalized spacial score (nSPS) is 12.4. The molecule has 0 aliphatic rings. The van der Waals surface area contributed by atoms with Crippen molar-refractivity contribution >= 4 is 33.8 Å². The van der Waals surface area contributed by atoms with E-state index < -0.39 is 23.5 Å². The van der Waals surface area contributed by atoms with Gasteiger partial charge in [-0.25, -0.2) is 9.59 Å². The van der Waals surface area contributed by atoms with Crippen LogP contribution < -0.4 is 10.9 Å². The Bertz CT molecular complexity index is 1140. The average molecular weight is 385 g/mol. The fourth-order valence-electron chi connectivity index (χ4n) is 3.47. The van der Waals surface area contributed by atoms with Crippen LogP contribution in [0.1, 0.15) is 42.0 Å². The second-order valence-corrected chi connectivity index (χ2v) is 7.09. The van der Waals surface area contributed by atoms with E-state index >= 15 is 0 Å². The topological polar surface area (TPSA) is 110 Å². The van der Waals surface area contributed by atoms with Crippen LogP contribution in [-0.2, 0) is 16.0 Å². The fraction of sp³-hybridized carbons (Fsp3) is 0.381. The van der Waals surface area contributed by atoms with Crippen LogP contribution >= 0.6 is 0 Å². The van der Waals surface area contributed by atoms with Crippen LogP contribution in [0.25, 0.3) is 21.9 Å². The van der Waals surface area contributed by atoms with E-state index in [1.807, 2.05) is 26.8 Å². The minimum Gasteiger partial charge on any atom is -0.480 e. The molecule has 2 heterocycles. The molecular weight excluding hydrogens is 362 g/mol. The molecular formula is C21H23NO6. The molecule has 0 fully saturated rings. The quantitative estimate of drug-likeness (QED) is 0.630. The average Bonchev–Trinajstić information content (AvgIpc) is 3.01. The van der Waals surface area contributed by atoms with Gasteiger partial charge in [0.15, 0.2) is 0 Å². The minimum atomic E-state index is -1.09. The van der Waals surface area contributed by atoms with Crippen molar-refractivity contribution in [2.24, 2.45) is 0 Å². The largest absolute Gasteiger partial charge is 0.480 e. The van der Waals surface area contributed by atoms with E-state index in [4.69, 9.17) is 8.83 Å². The maximum Gasteiger partial charge on any atom is 0.340 e. The van der Waals surface area contributed by atoms with E-state index in [0.717, 1.165) is 21.9 Å². The van der Waals surface area contributed by atoms with Gasteiger partial charge in [0.05, 0.1) is 18.2 Å². The van der Waals surface area contributed by atoms with Crippen LogP contribution in [-0.4, -0.2) is 23.0 Å². The summed E-state index contributed by atoms with van der Waals surface area (Å²) in [6.45, 7) is 7.36. The molecule has 0 aliphatic carbocycles. The highest BCUT2D eigenvalue weighted by molar-refractivity contribution is 6.00. The molecule has 2 N–H and O–H groups in total. The summed E-state index contributed by atoms with van der Waals surface area (Å²) in [4.78, 5) is 36.2. The fourth-order valence-corrected chi connectivity index (χ4v) is 3.47. The highest BCUT2D eigenvalue weighted by atomic mass is 16.4. The lowest BCUT2D eigenvalue weighted by Crippen LogP contribution is -2.41. The van der Waals surface area contributed by atoms with Gasteiger partial charge in [0, 0.05) is 16.3 Å². The summed E-state index contributed by atoms with van der Waals surface area (Å²) in [6, 6.07) is 0.925. The van der Waals surface area contributed by atoms with Crippen LogP contribution in [0.5, 0.6) is 0 Å². The predicted molar refractivity (Wildman–Crippen MR) is 105 cm³/mol. The maximum absolute atomic E-state index is 12.5. The number of hydrogen-bond acceptors (Lipinski definition) is 5. The van der Waals surface area contributed by atoms with Crippen LogP contribution in [0.3, 0.4) is 0 Å². The molecule has 2 aromatic heterocycles. The monoisotopic (exact) mass is 385 g/mol. The van der Waals surface area contributed by atoms with Crippen LogP contribution in [0, 0.1) is 20.8 Å². The zero-order valence-corrected chi connectivity index (χ0v) is 16.3. The summed E-state index contributed by atoms with van der Waals surface area (Å²) in [5.74, 6) is -1.61. The van der Waals surface area contributed by atoms with Gasteiger partial charge in [-0.2, -0.15) is 0 Å². The molecule has 3 aromatic rings. The number of aliphatic carboxylic acids is 1. The van der Waals surface area contributed by atoms with Crippen molar-refractivity contribution in [1.29, 1.82) is 0 Å². The Labute approximate surface area is 161 Å². The van der Waals surface area contributed by atoms with Crippen molar-refractivity contribution in [2.45, 2.75) is 53.0 Å². The first-order valence-electron chi connectivity index (χ1n) is 9.20. The van der Waals surface area contributed by atoms with Gasteiger partial charge < -0.3 is 19.3 Å². The van der Waals surface area contributed by atoms with Crippen molar-refractivity contribution in [3.8, 4) is 0 Å². The van der Waals surface area contributed by atoms with E-state index in [9.17, 15) is 19.5 Å². The number of furan rings is 1. The third-order valence-electron chi connectivity index (χ3n) is 5.08. The van der Waals surface area contributed by atoms with Crippen LogP contribution in [0.4, 0.5) is 0 Å². The van der Waals surface area contributed by atoms with Gasteiger partial charge in [-0.3, -0.25) is 4.79 Å². The number of carboxylic acid groups (broad SMARTS) is 1. The Hall–Kier alpha value is -3.09. The first-order valence-corrected chi connectivity index (χ1v) is 9.20. The number of carboxylic acids is 1. The molecule has 1 atom stereocenters. The third kappa shape index (κ3) is 3.40. The molecule has 3 rings (SSSR count). The molecule has 0 aliphatic heterocycles. The Morgan fingerprint density at radius 2 is 1.86 bits per heavy atom. The molecule has 0 spiro atoms. The first kappa shape index (κ1) is 19.7. The Morgan fingerprint density at radius 3 is 2.50 bits per heavy atom. The summed E-state index contributed by atoms with van der Waals surface area (Å²) < 4.78 is 11.1. The van der Waals surface area contributed by atoms with E-state index in [0.29, 0.717) is 29.6 Å². The molecule has 148 valence electrons. The lowest BCUT2D eigenvalue weighted by atomic mass is 9.99. The maximum atomic E-state index is 12.5. The molecule has 28 heavy (non-hydrogen) atoms. The zero-order chi connectivity index (χ0) is 20.6. The smallest absolute Gasteiger partial charge is 0.340 e. The number of amides is 1. The number of aryl methyl sites for hydroxylation is 3. The number of rotatable bonds is 6. The van der Waals surface area contributed by atoms with Crippen molar-refractivity contribution in [3.63, 3.8) is 0 Å². The van der Waals surface area contributed by atoms with Gasteiger partial charge in [-0.05, 0) is 44.4 Å². The molecule has 1 amide bonds. The number of hydrogen-bond donors (Lipinski definition) is 2. The Morgan fingerprint density at radius 1 is 1.14 bits per heavy atom. The molecule has 7 nitrogen and oxygen atoms in total. The van der Waals surface area contributed by atoms with E-state index in [-0.39, 0.29) is 12.0 Å². The molecule has 7 heteroatoms. The van der Waals surface area contributed by atoms with Gasteiger partial charge in [0.1, 0.15) is 17.2 Å². The predicted octanol–water partition coefficient (Wildman–Crippen LogP) is 3.38. The second kappa shape index (κ2) is 7.50. The first-order chi connectivity index (χ1) is 13.2. The van der Waals surface area contributed by atoms with E-state index in [2.05, 4.69) is 5.32 Å². The van der Waals surface area contributed by atoms with Crippen LogP contribution in [0.15, 0.2) is 26.0 Å². The summed E-state index contributed by atoms with van der Waals surface area (Å²) in [5, 5.41) is 13.3. The number of carbonyl (C=O) groups excluding carboxylic acids is 1. The number of nitrogens with one attached hydrogen (secondary N) is 1. The number of fused-ring (bicyclic) bond motifs is 2. The SMILES string of the molecule is CCC[C@H](NC(=O)Cc1c(C)c2cc3c(C)coc3c(C)c2oc1=O)C(=O)O. The second-order valence-electron chi connectivity index (χ2n) is 7.09. The lowest BCUT2D eigenvalue weighted by Gasteiger charge is -2.14. The molecule has 0 saturated heterocycles. The molecule has 0 saturated carbocycles. The standard InChI is InChI=1S/C21H23NO6/c1-5-6-16(20(24)25)22-17(23)8-15-11(3)14-7-13-10(2)9-27-18(13)12(4)19(14)28-21(15)26/h7,9,16H,5-6,8H2,1-4H3,(H,22,23)(H,24,25)/t16-/m0/s1. The van der Waals surface area contributed by atoms with Crippen molar-refractivity contribution in [2.75, 3.05) is 0 Å². The van der Waals surface area contributed by atoms with Gasteiger partial charge in [-0.15, -0.1) is 0 Å². The van der Waals surface area contributed by atoms with Gasteiger partial charge in [0.2, 0.25) is 5.91 Å². The molecule has 1 aromatic carbocycles. The van der Waals surface area contributed by atoms with Gasteiger partial charge in [0.25, 0.3) is 0 Å². The molecule has 0 radical (unpaired) electrons. The van der Waals surface area contributed by atoms with E-state index in [1.54, 1.807) is 13.2 Å². The number of carbonyl (C=O) groups is 2. The summed E-state index contributed by atoms with van der Waals surface area (Å²) in [6.07, 6.45) is 2.36. The van der Waals surface area contributed by atoms with E-state index in [1.165, 1.54) is 0 Å². The summed E-state index contributed by atoms with van der Waals surface area (Å²) in [7, 11) is 0. The summed E-state index contributed by atoms with van der Waals surface area (Å²) >= 11 is 0. The third-order valence-corrected chi connectivity index (χ3v) is 5.08. The van der Waals surface area contributed by atoms with Crippen molar-refractivity contribution in [1.82, 2.24) is 5.32 Å². The Kier molecular flexibility index (Phi) is 5.27. The number of benzene rings is 1. The highest BCUT2D eigenvalue weighted by Crippen LogP contribution is 2.32.